The molecule has 2 fully saturated rings. The minimum atomic E-state index is -2.80. The van der Waals surface area contributed by atoms with E-state index in [-0.39, 0.29) is 34.2 Å². The van der Waals surface area contributed by atoms with Crippen LogP contribution in [-0.4, -0.2) is 57.5 Å². The van der Waals surface area contributed by atoms with Crippen LogP contribution in [0.3, 0.4) is 0 Å². The Morgan fingerprint density at radius 3 is 2.71 bits per heavy atom. The van der Waals surface area contributed by atoms with E-state index >= 15 is 4.39 Å². The predicted octanol–water partition coefficient (Wildman–Crippen LogP) is 4.15. The summed E-state index contributed by atoms with van der Waals surface area (Å²) in [5.41, 5.74) is 0.755. The first-order chi connectivity index (χ1) is 18.2. The predicted molar refractivity (Wildman–Crippen MR) is 130 cm³/mol. The first kappa shape index (κ1) is 24.3. The van der Waals surface area contributed by atoms with Crippen LogP contribution in [0.5, 0.6) is 0 Å². The number of rotatable bonds is 5. The van der Waals surface area contributed by atoms with Gasteiger partial charge < -0.3 is 20.1 Å². The van der Waals surface area contributed by atoms with Crippen molar-refractivity contribution in [3.63, 3.8) is 0 Å². The van der Waals surface area contributed by atoms with Crippen LogP contribution in [0.4, 0.5) is 28.9 Å². The fourth-order valence-corrected chi connectivity index (χ4v) is 4.81. The molecular formula is C25H23F4N7O2. The Balaban J connectivity index is 1.27. The van der Waals surface area contributed by atoms with Gasteiger partial charge in [0.25, 0.3) is 5.91 Å². The summed E-state index contributed by atoms with van der Waals surface area (Å²) >= 11 is 0. The number of carbonyl (C=O) groups excluding carboxylic acids is 1. The summed E-state index contributed by atoms with van der Waals surface area (Å²) in [5.74, 6) is -6.29. The fourth-order valence-electron chi connectivity index (χ4n) is 4.81. The van der Waals surface area contributed by atoms with Crippen LogP contribution >= 0.6 is 0 Å². The van der Waals surface area contributed by atoms with Crippen LogP contribution in [0.1, 0.15) is 40.7 Å². The van der Waals surface area contributed by atoms with Crippen LogP contribution in [-0.2, 0) is 0 Å². The van der Waals surface area contributed by atoms with Crippen LogP contribution in [0.15, 0.2) is 35.1 Å². The Morgan fingerprint density at radius 1 is 1.21 bits per heavy atom. The van der Waals surface area contributed by atoms with Crippen LogP contribution < -0.4 is 15.5 Å². The minimum absolute atomic E-state index is 0.0668. The molecule has 1 saturated carbocycles. The first-order valence-corrected chi connectivity index (χ1v) is 12.1. The first-order valence-electron chi connectivity index (χ1n) is 12.1. The van der Waals surface area contributed by atoms with Gasteiger partial charge in [0.05, 0.1) is 17.4 Å². The van der Waals surface area contributed by atoms with Gasteiger partial charge in [-0.05, 0) is 19.1 Å². The zero-order valence-electron chi connectivity index (χ0n) is 20.3. The van der Waals surface area contributed by atoms with Gasteiger partial charge in [-0.2, -0.15) is 4.98 Å². The second kappa shape index (κ2) is 9.08. The summed E-state index contributed by atoms with van der Waals surface area (Å²) in [4.78, 5) is 23.7. The number of carbonyl (C=O) groups is 1. The van der Waals surface area contributed by atoms with E-state index in [1.54, 1.807) is 10.6 Å². The molecule has 9 nitrogen and oxygen atoms in total. The van der Waals surface area contributed by atoms with E-state index in [2.05, 4.69) is 30.7 Å². The molecule has 38 heavy (non-hydrogen) atoms. The van der Waals surface area contributed by atoms with E-state index < -0.39 is 42.2 Å². The third-order valence-electron chi connectivity index (χ3n) is 7.03. The average Bonchev–Trinajstić information content (AvgIpc) is 3.55. The van der Waals surface area contributed by atoms with Gasteiger partial charge in [0, 0.05) is 68.5 Å². The van der Waals surface area contributed by atoms with Gasteiger partial charge in [0.2, 0.25) is 17.6 Å². The van der Waals surface area contributed by atoms with Crippen molar-refractivity contribution in [3.05, 3.63) is 59.4 Å². The van der Waals surface area contributed by atoms with Crippen LogP contribution in [0.25, 0.3) is 17.0 Å². The molecule has 0 atom stereocenters. The van der Waals surface area contributed by atoms with Crippen molar-refractivity contribution in [1.82, 2.24) is 24.8 Å². The maximum Gasteiger partial charge on any atom is 0.274 e. The third kappa shape index (κ3) is 4.26. The molecule has 6 rings (SSSR count). The van der Waals surface area contributed by atoms with Crippen molar-refractivity contribution >= 4 is 22.9 Å². The number of nitrogens with one attached hydrogen (secondary N) is 2. The third-order valence-corrected chi connectivity index (χ3v) is 7.03. The number of pyridine rings is 1. The Morgan fingerprint density at radius 2 is 1.97 bits per heavy atom. The molecule has 1 aliphatic carbocycles. The minimum Gasteiger partial charge on any atom is -0.369 e. The highest BCUT2D eigenvalue weighted by Gasteiger charge is 2.48. The molecule has 4 aromatic rings. The molecule has 198 valence electrons. The van der Waals surface area contributed by atoms with E-state index in [1.165, 1.54) is 13.1 Å². The van der Waals surface area contributed by atoms with E-state index in [4.69, 9.17) is 4.52 Å². The Labute approximate surface area is 213 Å². The van der Waals surface area contributed by atoms with Crippen molar-refractivity contribution in [2.75, 3.05) is 36.4 Å². The molecule has 2 aliphatic rings. The number of alkyl halides is 2. The summed E-state index contributed by atoms with van der Waals surface area (Å²) in [6.07, 6.45) is 2.17. The number of benzene rings is 1. The van der Waals surface area contributed by atoms with Gasteiger partial charge in [-0.3, -0.25) is 9.20 Å². The Kier molecular flexibility index (Phi) is 5.82. The lowest BCUT2D eigenvalue weighted by Gasteiger charge is -2.31. The molecule has 1 aliphatic heterocycles. The van der Waals surface area contributed by atoms with Crippen molar-refractivity contribution in [3.8, 4) is 11.4 Å². The number of piperazine rings is 1. The quantitative estimate of drug-likeness (QED) is 0.375. The Bertz CT molecular complexity index is 1540. The zero-order valence-corrected chi connectivity index (χ0v) is 20.3. The van der Waals surface area contributed by atoms with Crippen LogP contribution in [0.2, 0.25) is 0 Å². The van der Waals surface area contributed by atoms with Crippen molar-refractivity contribution in [1.29, 1.82) is 0 Å². The van der Waals surface area contributed by atoms with Crippen LogP contribution in [0, 0.1) is 18.6 Å². The monoisotopic (exact) mass is 529 g/mol. The average molecular weight is 529 g/mol. The molecule has 3 aromatic heterocycles. The summed E-state index contributed by atoms with van der Waals surface area (Å²) in [7, 11) is 0. The molecule has 4 heterocycles. The van der Waals surface area contributed by atoms with E-state index in [0.717, 1.165) is 37.9 Å². The highest BCUT2D eigenvalue weighted by atomic mass is 19.3. The van der Waals surface area contributed by atoms with Gasteiger partial charge in [-0.25, -0.2) is 22.5 Å². The zero-order chi connectivity index (χ0) is 26.6. The molecule has 1 saturated heterocycles. The smallest absolute Gasteiger partial charge is 0.274 e. The lowest BCUT2D eigenvalue weighted by atomic mass is 9.81. The topological polar surface area (TPSA) is 101 Å². The molecule has 2 N–H and O–H groups in total. The number of halogens is 4. The molecule has 0 unspecified atom stereocenters. The van der Waals surface area contributed by atoms with Gasteiger partial charge in [0.1, 0.15) is 17.2 Å². The lowest BCUT2D eigenvalue weighted by molar-refractivity contribution is -0.0925. The summed E-state index contributed by atoms with van der Waals surface area (Å²) in [5, 5.41) is 9.39. The normalized spacial score (nSPS) is 17.6. The summed E-state index contributed by atoms with van der Waals surface area (Å²) in [6.45, 7) is 4.76. The fraction of sp³-hybridized carbons (Fsp3) is 0.360. The highest BCUT2D eigenvalue weighted by Crippen LogP contribution is 2.48. The summed E-state index contributed by atoms with van der Waals surface area (Å²) in [6, 6.07) is 4.62. The maximum absolute atomic E-state index is 15.5. The number of hydrogen-bond acceptors (Lipinski definition) is 7. The molecule has 13 heteroatoms. The maximum atomic E-state index is 15.5. The molecule has 0 spiro atoms. The van der Waals surface area contributed by atoms with Gasteiger partial charge in [-0.15, -0.1) is 0 Å². The van der Waals surface area contributed by atoms with Crippen molar-refractivity contribution < 1.29 is 26.9 Å². The largest absolute Gasteiger partial charge is 0.369 e. The van der Waals surface area contributed by atoms with Gasteiger partial charge in [-0.1, -0.05) is 5.16 Å². The van der Waals surface area contributed by atoms with E-state index in [1.807, 2.05) is 12.1 Å². The number of fused-ring (bicyclic) bond motifs is 1. The van der Waals surface area contributed by atoms with Crippen molar-refractivity contribution in [2.45, 2.75) is 31.6 Å². The number of anilines is 2. The van der Waals surface area contributed by atoms with Gasteiger partial charge in [0.15, 0.2) is 5.82 Å². The number of nitrogens with zero attached hydrogens (tertiary/aromatic N) is 5. The molecule has 1 amide bonds. The van der Waals surface area contributed by atoms with E-state index in [0.29, 0.717) is 5.65 Å². The number of amides is 1. The second-order valence-electron chi connectivity index (χ2n) is 9.59. The van der Waals surface area contributed by atoms with Gasteiger partial charge >= 0.3 is 0 Å². The number of imidazole rings is 1. The second-order valence-corrected chi connectivity index (χ2v) is 9.59. The number of hydrogen-bond donors (Lipinski definition) is 2. The molecule has 0 bridgehead atoms. The lowest BCUT2D eigenvalue weighted by Crippen LogP contribution is -2.43. The molecular weight excluding hydrogens is 506 g/mol. The standard InChI is InChI=1S/C25H23F4N7O2/c1-13-17(26)9-16(22-33-24(38-34-22)14-10-25(28,29)11-14)20(27)21(13)32-23(37)18-12-31-19-8-15(2-5-36(18)19)35-6-3-30-4-7-35/h2,5,8-9,12,14,30H,3-4,6-7,10-11H2,1H3,(H,32,37). The highest BCUT2D eigenvalue weighted by molar-refractivity contribution is 6.04. The molecule has 1 aromatic carbocycles. The SMILES string of the molecule is Cc1c(F)cc(-c2noc(C3CC(F)(F)C3)n2)c(F)c1NC(=O)c1cnc2cc(N3CCNCC3)ccn12. The summed E-state index contributed by atoms with van der Waals surface area (Å²) < 4.78 is 63.3. The van der Waals surface area contributed by atoms with E-state index in [9.17, 15) is 18.0 Å². The number of aromatic nitrogens is 4. The van der Waals surface area contributed by atoms with Crippen molar-refractivity contribution in [2.24, 2.45) is 0 Å². The Hall–Kier alpha value is -4.00. The molecule has 0 radical (unpaired) electrons.